The molecule has 1 N–H and O–H groups in total. The van der Waals surface area contributed by atoms with E-state index in [1.54, 1.807) is 0 Å². The standard InChI is InChI=1S/C24H28N4O3/c1-14-6-7-17(16(3)26-14)12-28-13-18-8-9-20-21(22(18)27-28)15(2)23(31-20)24(29)25-11-19-5-4-10-30-19/h6-7,13,19H,4-5,8-12H2,1-3H3,(H,25,29)/t19-/m0/s1. The summed E-state index contributed by atoms with van der Waals surface area (Å²) in [5.41, 5.74) is 7.16. The molecule has 0 radical (unpaired) electrons. The molecule has 1 fully saturated rings. The molecule has 0 bridgehead atoms. The number of amides is 1. The number of pyridine rings is 1. The maximum atomic E-state index is 12.8. The van der Waals surface area contributed by atoms with Gasteiger partial charge in [-0.3, -0.25) is 14.5 Å². The van der Waals surface area contributed by atoms with E-state index in [-0.39, 0.29) is 12.0 Å². The molecule has 2 aliphatic rings. The third kappa shape index (κ3) is 3.78. The van der Waals surface area contributed by atoms with Crippen molar-refractivity contribution in [3.63, 3.8) is 0 Å². The first-order chi connectivity index (χ1) is 15.0. The Bertz CT molecular complexity index is 1140. The van der Waals surface area contributed by atoms with Crippen LogP contribution >= 0.6 is 0 Å². The first-order valence-corrected chi connectivity index (χ1v) is 11.0. The van der Waals surface area contributed by atoms with Crippen LogP contribution < -0.4 is 5.32 Å². The first kappa shape index (κ1) is 20.0. The summed E-state index contributed by atoms with van der Waals surface area (Å²) in [4.78, 5) is 17.3. The highest BCUT2D eigenvalue weighted by molar-refractivity contribution is 5.95. The van der Waals surface area contributed by atoms with Crippen molar-refractivity contribution >= 4 is 5.91 Å². The number of rotatable bonds is 5. The molecule has 5 rings (SSSR count). The van der Waals surface area contributed by atoms with Gasteiger partial charge in [0.05, 0.1) is 18.3 Å². The predicted molar refractivity (Wildman–Crippen MR) is 116 cm³/mol. The van der Waals surface area contributed by atoms with E-state index in [1.807, 2.05) is 31.5 Å². The molecule has 1 aliphatic carbocycles. The van der Waals surface area contributed by atoms with Crippen LogP contribution in [0, 0.1) is 20.8 Å². The van der Waals surface area contributed by atoms with Gasteiger partial charge in [-0.1, -0.05) is 6.07 Å². The van der Waals surface area contributed by atoms with Crippen LogP contribution in [0.3, 0.4) is 0 Å². The molecule has 3 aromatic heterocycles. The quantitative estimate of drug-likeness (QED) is 0.683. The van der Waals surface area contributed by atoms with Crippen molar-refractivity contribution in [2.24, 2.45) is 0 Å². The molecule has 0 aromatic carbocycles. The normalized spacial score (nSPS) is 17.5. The molecule has 4 heterocycles. The summed E-state index contributed by atoms with van der Waals surface area (Å²) in [6.45, 7) is 7.96. The lowest BCUT2D eigenvalue weighted by atomic mass is 9.93. The second-order valence-electron chi connectivity index (χ2n) is 8.60. The number of fused-ring (bicyclic) bond motifs is 3. The van der Waals surface area contributed by atoms with Gasteiger partial charge in [0.1, 0.15) is 5.76 Å². The zero-order valence-electron chi connectivity index (χ0n) is 18.3. The Morgan fingerprint density at radius 2 is 2.13 bits per heavy atom. The van der Waals surface area contributed by atoms with Gasteiger partial charge in [-0.2, -0.15) is 5.10 Å². The van der Waals surface area contributed by atoms with Crippen molar-refractivity contribution in [2.75, 3.05) is 13.2 Å². The third-order valence-electron chi connectivity index (χ3n) is 6.30. The highest BCUT2D eigenvalue weighted by Gasteiger charge is 2.30. The predicted octanol–water partition coefficient (Wildman–Crippen LogP) is 3.52. The molecule has 1 aliphatic heterocycles. The Hall–Kier alpha value is -2.93. The van der Waals surface area contributed by atoms with Crippen molar-refractivity contribution in [2.45, 2.75) is 59.1 Å². The molecule has 31 heavy (non-hydrogen) atoms. The maximum absolute atomic E-state index is 12.8. The Morgan fingerprint density at radius 1 is 1.26 bits per heavy atom. The van der Waals surface area contributed by atoms with E-state index in [4.69, 9.17) is 14.3 Å². The summed E-state index contributed by atoms with van der Waals surface area (Å²) < 4.78 is 13.6. The number of furan rings is 1. The van der Waals surface area contributed by atoms with Gasteiger partial charge >= 0.3 is 0 Å². The third-order valence-corrected chi connectivity index (χ3v) is 6.30. The number of hydrogen-bond acceptors (Lipinski definition) is 5. The minimum Gasteiger partial charge on any atom is -0.455 e. The summed E-state index contributed by atoms with van der Waals surface area (Å²) in [5.74, 6) is 1.07. The van der Waals surface area contributed by atoms with Crippen LogP contribution in [0.1, 0.15) is 57.2 Å². The fourth-order valence-corrected chi connectivity index (χ4v) is 4.61. The zero-order valence-corrected chi connectivity index (χ0v) is 18.3. The molecule has 3 aromatic rings. The van der Waals surface area contributed by atoms with Crippen LogP contribution in [0.15, 0.2) is 22.7 Å². The number of carbonyl (C=O) groups excluding carboxylic acids is 1. The second kappa shape index (κ2) is 7.96. The van der Waals surface area contributed by atoms with Crippen molar-refractivity contribution in [1.82, 2.24) is 20.1 Å². The molecule has 7 nitrogen and oxygen atoms in total. The zero-order chi connectivity index (χ0) is 21.5. The summed E-state index contributed by atoms with van der Waals surface area (Å²) in [7, 11) is 0. The van der Waals surface area contributed by atoms with Gasteiger partial charge in [-0.15, -0.1) is 0 Å². The molecular weight excluding hydrogens is 392 g/mol. The summed E-state index contributed by atoms with van der Waals surface area (Å²) in [5, 5.41) is 7.84. The molecular formula is C24H28N4O3. The van der Waals surface area contributed by atoms with E-state index in [2.05, 4.69) is 22.6 Å². The van der Waals surface area contributed by atoms with Gasteiger partial charge in [0, 0.05) is 48.3 Å². The maximum Gasteiger partial charge on any atom is 0.287 e. The lowest BCUT2D eigenvalue weighted by Gasteiger charge is -2.10. The van der Waals surface area contributed by atoms with Crippen molar-refractivity contribution in [1.29, 1.82) is 0 Å². The first-order valence-electron chi connectivity index (χ1n) is 11.0. The van der Waals surface area contributed by atoms with Crippen LogP contribution in [0.2, 0.25) is 0 Å². The van der Waals surface area contributed by atoms with Crippen LogP contribution in [0.4, 0.5) is 0 Å². The number of ether oxygens (including phenoxy) is 1. The van der Waals surface area contributed by atoms with E-state index in [0.29, 0.717) is 18.8 Å². The van der Waals surface area contributed by atoms with E-state index in [9.17, 15) is 4.79 Å². The largest absolute Gasteiger partial charge is 0.455 e. The topological polar surface area (TPSA) is 82.2 Å². The number of aryl methyl sites for hydroxylation is 4. The number of carbonyl (C=O) groups is 1. The van der Waals surface area contributed by atoms with Gasteiger partial charge in [0.25, 0.3) is 5.91 Å². The van der Waals surface area contributed by atoms with Gasteiger partial charge in [-0.25, -0.2) is 0 Å². The fraction of sp³-hybridized carbons (Fsp3) is 0.458. The van der Waals surface area contributed by atoms with Crippen LogP contribution in [-0.2, 0) is 24.1 Å². The van der Waals surface area contributed by atoms with Gasteiger partial charge in [-0.05, 0) is 57.2 Å². The smallest absolute Gasteiger partial charge is 0.287 e. The van der Waals surface area contributed by atoms with E-state index < -0.39 is 0 Å². The number of hydrogen-bond donors (Lipinski definition) is 1. The second-order valence-corrected chi connectivity index (χ2v) is 8.60. The number of nitrogens with zero attached hydrogens (tertiary/aromatic N) is 3. The minimum absolute atomic E-state index is 0.107. The van der Waals surface area contributed by atoms with Crippen molar-refractivity contribution in [3.05, 3.63) is 57.9 Å². The summed E-state index contributed by atoms with van der Waals surface area (Å²) in [6, 6.07) is 4.15. The highest BCUT2D eigenvalue weighted by atomic mass is 16.5. The number of nitrogens with one attached hydrogen (secondary N) is 1. The van der Waals surface area contributed by atoms with Crippen LogP contribution in [-0.4, -0.2) is 39.9 Å². The summed E-state index contributed by atoms with van der Waals surface area (Å²) >= 11 is 0. The molecule has 0 saturated carbocycles. The molecule has 0 unspecified atom stereocenters. The molecule has 1 saturated heterocycles. The monoisotopic (exact) mass is 420 g/mol. The van der Waals surface area contributed by atoms with Gasteiger partial charge < -0.3 is 14.5 Å². The van der Waals surface area contributed by atoms with E-state index in [0.717, 1.165) is 71.8 Å². The van der Waals surface area contributed by atoms with Crippen LogP contribution in [0.25, 0.3) is 11.3 Å². The molecule has 1 atom stereocenters. The van der Waals surface area contributed by atoms with E-state index >= 15 is 0 Å². The molecule has 0 spiro atoms. The minimum atomic E-state index is -0.176. The summed E-state index contributed by atoms with van der Waals surface area (Å²) in [6.07, 6.45) is 5.90. The molecule has 162 valence electrons. The lowest BCUT2D eigenvalue weighted by molar-refractivity contribution is 0.0833. The molecule has 7 heteroatoms. The SMILES string of the molecule is Cc1ccc(Cn2cc3c(n2)-c2c(oc(C(=O)NC[C@@H]4CCCO4)c2C)CC3)c(C)n1. The average Bonchev–Trinajstić information content (AvgIpc) is 3.47. The Labute approximate surface area is 181 Å². The Balaban J connectivity index is 1.39. The highest BCUT2D eigenvalue weighted by Crippen LogP contribution is 2.38. The Morgan fingerprint density at radius 3 is 2.90 bits per heavy atom. The van der Waals surface area contributed by atoms with Crippen molar-refractivity contribution < 1.29 is 13.9 Å². The van der Waals surface area contributed by atoms with Crippen LogP contribution in [0.5, 0.6) is 0 Å². The fourth-order valence-electron chi connectivity index (χ4n) is 4.61. The van der Waals surface area contributed by atoms with E-state index in [1.165, 1.54) is 5.56 Å². The lowest BCUT2D eigenvalue weighted by Crippen LogP contribution is -2.31. The average molecular weight is 421 g/mol. The Kier molecular flexibility index (Phi) is 5.14. The van der Waals surface area contributed by atoms with Gasteiger partial charge in [0.15, 0.2) is 5.76 Å². The molecule has 1 amide bonds. The number of aromatic nitrogens is 3. The van der Waals surface area contributed by atoms with Crippen molar-refractivity contribution in [3.8, 4) is 11.3 Å². The van der Waals surface area contributed by atoms with Gasteiger partial charge in [0.2, 0.25) is 0 Å².